The van der Waals surface area contributed by atoms with Gasteiger partial charge < -0.3 is 18.9 Å². The van der Waals surface area contributed by atoms with Crippen LogP contribution in [0.4, 0.5) is 16.2 Å². The molecule has 4 aromatic rings. The van der Waals surface area contributed by atoms with E-state index in [-0.39, 0.29) is 45.1 Å². The minimum atomic E-state index is -1.31. The molecule has 0 aliphatic rings. The van der Waals surface area contributed by atoms with Crippen molar-refractivity contribution < 1.29 is 43.2 Å². The van der Waals surface area contributed by atoms with Crippen LogP contribution in [0.15, 0.2) is 97.1 Å². The first-order valence-corrected chi connectivity index (χ1v) is 14.8. The maximum atomic E-state index is 13.3. The van der Waals surface area contributed by atoms with Crippen LogP contribution in [0.2, 0.25) is 0 Å². The lowest BCUT2D eigenvalue weighted by atomic mass is 9.97. The summed E-state index contributed by atoms with van der Waals surface area (Å²) in [6.45, 7) is 6.87. The third-order valence-corrected chi connectivity index (χ3v) is 7.11. The first kappa shape index (κ1) is 34.8. The Morgan fingerprint density at radius 2 is 0.917 bits per heavy atom. The van der Waals surface area contributed by atoms with E-state index in [1.807, 2.05) is 0 Å². The van der Waals surface area contributed by atoms with Crippen molar-refractivity contribution in [1.82, 2.24) is 0 Å². The van der Waals surface area contributed by atoms with Crippen molar-refractivity contribution in [2.75, 3.05) is 0 Å². The second-order valence-electron chi connectivity index (χ2n) is 11.3. The zero-order valence-electron chi connectivity index (χ0n) is 26.4. The van der Waals surface area contributed by atoms with Crippen LogP contribution in [0.5, 0.6) is 11.5 Å². The minimum absolute atomic E-state index is 0.0289. The molecule has 4 rings (SSSR count). The molecule has 0 bridgehead atoms. The van der Waals surface area contributed by atoms with Gasteiger partial charge in [0, 0.05) is 35.4 Å². The van der Waals surface area contributed by atoms with Crippen LogP contribution in [-0.4, -0.2) is 27.9 Å². The average molecular weight is 657 g/mol. The molecule has 4 aromatic carbocycles. The maximum Gasteiger partial charge on any atom is 0.519 e. The highest BCUT2D eigenvalue weighted by Gasteiger charge is 2.31. The van der Waals surface area contributed by atoms with Gasteiger partial charge in [0.1, 0.15) is 23.7 Å². The van der Waals surface area contributed by atoms with Gasteiger partial charge in [0.25, 0.3) is 11.4 Å². The summed E-state index contributed by atoms with van der Waals surface area (Å²) in [4.78, 5) is 61.2. The van der Waals surface area contributed by atoms with Gasteiger partial charge in [-0.25, -0.2) is 14.4 Å². The molecule has 2 atom stereocenters. The molecule has 0 heterocycles. The summed E-state index contributed by atoms with van der Waals surface area (Å²) < 4.78 is 22.5. The van der Waals surface area contributed by atoms with Gasteiger partial charge in [0.15, 0.2) is 0 Å². The Hall–Kier alpha value is -6.11. The normalized spacial score (nSPS) is 12.1. The van der Waals surface area contributed by atoms with Gasteiger partial charge in [-0.2, -0.15) is 0 Å². The third-order valence-electron chi connectivity index (χ3n) is 7.11. The van der Waals surface area contributed by atoms with Gasteiger partial charge in [0.2, 0.25) is 0 Å². The van der Waals surface area contributed by atoms with E-state index >= 15 is 0 Å². The number of esters is 2. The number of ether oxygens (including phenoxy) is 4. The van der Waals surface area contributed by atoms with E-state index in [9.17, 15) is 34.6 Å². The predicted octanol–water partition coefficient (Wildman–Crippen LogP) is 8.19. The number of nitrogens with zero attached hydrogens (tertiary/aromatic N) is 2. The molecule has 0 aliphatic carbocycles. The summed E-state index contributed by atoms with van der Waals surface area (Å²) in [5, 5.41) is 23.3. The van der Waals surface area contributed by atoms with Crippen LogP contribution >= 0.6 is 0 Å². The molecule has 0 aliphatic heterocycles. The average Bonchev–Trinajstić information content (AvgIpc) is 3.06. The number of benzene rings is 4. The van der Waals surface area contributed by atoms with Gasteiger partial charge in [0.05, 0.1) is 21.0 Å². The molecule has 2 unspecified atom stereocenters. The number of nitro benzene ring substituents is 2. The van der Waals surface area contributed by atoms with E-state index in [0.29, 0.717) is 0 Å². The van der Waals surface area contributed by atoms with E-state index < -0.39 is 52.0 Å². The SMILES string of the molecule is CC(C)C(OC(=O)c1ccccc1)c1cc([N+](=O)[O-])ccc1OC(=O)Oc1ccc([N+](=O)[O-])cc1C(OC(=O)c1ccccc1)C(C)C. The highest BCUT2D eigenvalue weighted by Crippen LogP contribution is 2.39. The Morgan fingerprint density at radius 1 is 0.562 bits per heavy atom. The Bertz CT molecular complexity index is 1680. The summed E-state index contributed by atoms with van der Waals surface area (Å²) >= 11 is 0. The third kappa shape index (κ3) is 8.57. The fraction of sp³-hybridized carbons (Fsp3) is 0.229. The molecular weight excluding hydrogens is 624 g/mol. The first-order valence-electron chi connectivity index (χ1n) is 14.8. The van der Waals surface area contributed by atoms with Crippen LogP contribution in [-0.2, 0) is 9.47 Å². The largest absolute Gasteiger partial charge is 0.519 e. The summed E-state index contributed by atoms with van der Waals surface area (Å²) in [7, 11) is 0. The molecular formula is C35H32N2O11. The molecule has 0 N–H and O–H groups in total. The molecule has 0 saturated heterocycles. The number of carbonyl (C=O) groups excluding carboxylic acids is 3. The van der Waals surface area contributed by atoms with Gasteiger partial charge in [-0.15, -0.1) is 0 Å². The van der Waals surface area contributed by atoms with Crippen LogP contribution < -0.4 is 9.47 Å². The highest BCUT2D eigenvalue weighted by atomic mass is 16.7. The van der Waals surface area contributed by atoms with Crippen molar-refractivity contribution in [2.24, 2.45) is 11.8 Å². The van der Waals surface area contributed by atoms with Gasteiger partial charge in [-0.05, 0) is 48.2 Å². The van der Waals surface area contributed by atoms with Crippen LogP contribution in [0.25, 0.3) is 0 Å². The summed E-state index contributed by atoms with van der Waals surface area (Å²) in [5.41, 5.74) is -0.139. The number of nitro groups is 2. The van der Waals surface area contributed by atoms with Crippen LogP contribution in [0.3, 0.4) is 0 Å². The number of rotatable bonds is 12. The van der Waals surface area contributed by atoms with E-state index in [0.717, 1.165) is 24.3 Å². The first-order chi connectivity index (χ1) is 22.8. The second kappa shape index (κ2) is 15.5. The van der Waals surface area contributed by atoms with Crippen LogP contribution in [0.1, 0.15) is 71.7 Å². The Balaban J connectivity index is 1.67. The predicted molar refractivity (Wildman–Crippen MR) is 172 cm³/mol. The highest BCUT2D eigenvalue weighted by molar-refractivity contribution is 5.90. The molecule has 13 heteroatoms. The van der Waals surface area contributed by atoms with Crippen molar-refractivity contribution >= 4 is 29.5 Å². The van der Waals surface area contributed by atoms with Crippen LogP contribution in [0, 0.1) is 32.1 Å². The van der Waals surface area contributed by atoms with Gasteiger partial charge in [-0.1, -0.05) is 64.1 Å². The van der Waals surface area contributed by atoms with E-state index in [2.05, 4.69) is 0 Å². The lowest BCUT2D eigenvalue weighted by Gasteiger charge is -2.24. The van der Waals surface area contributed by atoms with Gasteiger partial charge >= 0.3 is 18.1 Å². The molecule has 0 radical (unpaired) electrons. The Labute approximate surface area is 275 Å². The quantitative estimate of drug-likeness (QED) is 0.0622. The van der Waals surface area contributed by atoms with Crippen molar-refractivity contribution in [2.45, 2.75) is 39.9 Å². The molecule has 48 heavy (non-hydrogen) atoms. The lowest BCUT2D eigenvalue weighted by molar-refractivity contribution is -0.385. The smallest absolute Gasteiger partial charge is 0.453 e. The number of hydrogen-bond donors (Lipinski definition) is 0. The standard InChI is InChI=1S/C35H32N2O11/c1-21(2)31(47-33(38)23-11-7-5-8-12-23)27-19-25(36(41)42)15-17-29(27)45-35(40)46-30-18-16-26(37(43)44)20-28(30)32(22(3)4)48-34(39)24-13-9-6-10-14-24/h5-22,31-32H,1-4H3. The molecule has 248 valence electrons. The molecule has 0 fully saturated rings. The van der Waals surface area contributed by atoms with Crippen molar-refractivity contribution in [3.05, 3.63) is 140 Å². The minimum Gasteiger partial charge on any atom is -0.453 e. The van der Waals surface area contributed by atoms with Crippen molar-refractivity contribution in [3.8, 4) is 11.5 Å². The number of carbonyl (C=O) groups is 3. The van der Waals surface area contributed by atoms with E-state index in [4.69, 9.17) is 18.9 Å². The molecule has 0 amide bonds. The zero-order valence-corrected chi connectivity index (χ0v) is 26.4. The second-order valence-corrected chi connectivity index (χ2v) is 11.3. The molecule has 0 aromatic heterocycles. The Morgan fingerprint density at radius 3 is 1.23 bits per heavy atom. The van der Waals surface area contributed by atoms with E-state index in [1.165, 1.54) is 12.1 Å². The van der Waals surface area contributed by atoms with Gasteiger partial charge in [-0.3, -0.25) is 20.2 Å². The number of non-ortho nitro benzene ring substituents is 2. The summed E-state index contributed by atoms with van der Waals surface area (Å²) in [6, 6.07) is 23.1. The molecule has 0 saturated carbocycles. The van der Waals surface area contributed by atoms with E-state index in [1.54, 1.807) is 88.4 Å². The van der Waals surface area contributed by atoms with Crippen molar-refractivity contribution in [1.29, 1.82) is 0 Å². The Kier molecular flexibility index (Phi) is 11.2. The summed E-state index contributed by atoms with van der Waals surface area (Å²) in [6.07, 6.45) is -3.48. The topological polar surface area (TPSA) is 174 Å². The fourth-order valence-electron chi connectivity index (χ4n) is 4.76. The number of hydrogen-bond acceptors (Lipinski definition) is 11. The fourth-order valence-corrected chi connectivity index (χ4v) is 4.76. The zero-order chi connectivity index (χ0) is 35.0. The summed E-state index contributed by atoms with van der Waals surface area (Å²) in [5.74, 6) is -2.63. The lowest BCUT2D eigenvalue weighted by Crippen LogP contribution is -2.22. The molecule has 13 nitrogen and oxygen atoms in total. The molecule has 0 spiro atoms. The maximum absolute atomic E-state index is 13.3. The monoisotopic (exact) mass is 656 g/mol. The van der Waals surface area contributed by atoms with Crippen molar-refractivity contribution in [3.63, 3.8) is 0 Å².